The summed E-state index contributed by atoms with van der Waals surface area (Å²) in [6.45, 7) is 0. The highest BCUT2D eigenvalue weighted by molar-refractivity contribution is 6.37. The largest absolute Gasteiger partial charge is 0.507 e. The molecule has 5 heteroatoms. The maximum absolute atomic E-state index is 9.56. The Hall–Kier alpha value is -1.71. The van der Waals surface area contributed by atoms with Crippen molar-refractivity contribution in [1.82, 2.24) is 0 Å². The second-order valence-electron chi connectivity index (χ2n) is 3.58. The summed E-state index contributed by atoms with van der Waals surface area (Å²) < 4.78 is 0. The van der Waals surface area contributed by atoms with Crippen molar-refractivity contribution in [2.75, 3.05) is 0 Å². The molecule has 18 heavy (non-hydrogen) atoms. The summed E-state index contributed by atoms with van der Waals surface area (Å²) in [7, 11) is 0. The van der Waals surface area contributed by atoms with Gasteiger partial charge in [-0.15, -0.1) is 0 Å². The highest BCUT2D eigenvalue weighted by Gasteiger charge is 2.05. The number of phenols is 2. The van der Waals surface area contributed by atoms with Crippen LogP contribution in [0, 0.1) is 0 Å². The summed E-state index contributed by atoms with van der Waals surface area (Å²) in [4.78, 5) is 4.14. The Balaban J connectivity index is 2.33. The molecule has 3 nitrogen and oxygen atoms in total. The van der Waals surface area contributed by atoms with Crippen LogP contribution in [0.2, 0.25) is 10.0 Å². The van der Waals surface area contributed by atoms with Gasteiger partial charge in [0, 0.05) is 11.8 Å². The molecule has 2 rings (SSSR count). The number of rotatable bonds is 2. The van der Waals surface area contributed by atoms with E-state index in [1.165, 1.54) is 18.3 Å². The van der Waals surface area contributed by atoms with Gasteiger partial charge in [-0.25, -0.2) is 0 Å². The lowest BCUT2D eigenvalue weighted by atomic mass is 10.2. The van der Waals surface area contributed by atoms with Crippen LogP contribution in [0.1, 0.15) is 5.56 Å². The molecule has 0 fully saturated rings. The minimum atomic E-state index is -0.167. The second-order valence-corrected chi connectivity index (χ2v) is 4.39. The van der Waals surface area contributed by atoms with Crippen molar-refractivity contribution in [2.45, 2.75) is 0 Å². The van der Waals surface area contributed by atoms with E-state index in [0.717, 1.165) is 0 Å². The molecule has 92 valence electrons. The monoisotopic (exact) mass is 281 g/mol. The minimum absolute atomic E-state index is 0.131. The third kappa shape index (κ3) is 2.75. The number of nitrogens with zero attached hydrogens (tertiary/aromatic N) is 1. The van der Waals surface area contributed by atoms with E-state index in [0.29, 0.717) is 11.3 Å². The zero-order valence-corrected chi connectivity index (χ0v) is 10.7. The lowest BCUT2D eigenvalue weighted by molar-refractivity contribution is 0.474. The van der Waals surface area contributed by atoms with Crippen molar-refractivity contribution in [3.05, 3.63) is 52.0 Å². The predicted molar refractivity (Wildman–Crippen MR) is 73.5 cm³/mol. The number of aliphatic imine (C=N–C) groups is 1. The smallest absolute Gasteiger partial charge is 0.152 e. The van der Waals surface area contributed by atoms with Gasteiger partial charge in [-0.1, -0.05) is 35.3 Å². The average molecular weight is 282 g/mol. The molecule has 0 aromatic heterocycles. The number of aromatic hydroxyl groups is 2. The van der Waals surface area contributed by atoms with Crippen LogP contribution < -0.4 is 0 Å². The maximum atomic E-state index is 9.56. The molecular formula is C13H9Cl2NO2. The summed E-state index contributed by atoms with van der Waals surface area (Å²) in [5, 5.41) is 19.2. The van der Waals surface area contributed by atoms with Gasteiger partial charge in [-0.3, -0.25) is 4.99 Å². The normalized spacial score (nSPS) is 11.0. The number of para-hydroxylation sites is 1. The molecule has 0 atom stereocenters. The molecule has 0 saturated carbocycles. The first kappa shape index (κ1) is 12.7. The van der Waals surface area contributed by atoms with Crippen molar-refractivity contribution < 1.29 is 10.2 Å². The molecule has 2 N–H and O–H groups in total. The van der Waals surface area contributed by atoms with E-state index in [-0.39, 0.29) is 21.5 Å². The van der Waals surface area contributed by atoms with Crippen molar-refractivity contribution in [1.29, 1.82) is 0 Å². The van der Waals surface area contributed by atoms with E-state index in [2.05, 4.69) is 4.99 Å². The first-order valence-electron chi connectivity index (χ1n) is 5.08. The Morgan fingerprint density at radius 3 is 2.22 bits per heavy atom. The average Bonchev–Trinajstić information content (AvgIpc) is 2.35. The summed E-state index contributed by atoms with van der Waals surface area (Å²) in [5.74, 6) is -0.0305. The van der Waals surface area contributed by atoms with Gasteiger partial charge in [0.15, 0.2) is 5.75 Å². The second kappa shape index (κ2) is 5.29. The fraction of sp³-hybridized carbons (Fsp3) is 0. The molecule has 0 spiro atoms. The van der Waals surface area contributed by atoms with E-state index < -0.39 is 0 Å². The fourth-order valence-electron chi connectivity index (χ4n) is 1.37. The van der Waals surface area contributed by atoms with Crippen molar-refractivity contribution >= 4 is 35.1 Å². The van der Waals surface area contributed by atoms with Crippen LogP contribution in [0.4, 0.5) is 5.69 Å². The number of phenolic OH excluding ortho intramolecular Hbond substituents is 2. The highest BCUT2D eigenvalue weighted by atomic mass is 35.5. The van der Waals surface area contributed by atoms with Gasteiger partial charge in [0.2, 0.25) is 0 Å². The molecule has 0 saturated heterocycles. The SMILES string of the molecule is Oc1ccccc1C=Nc1cc(Cl)c(O)c(Cl)c1. The van der Waals surface area contributed by atoms with Gasteiger partial charge in [-0.2, -0.15) is 0 Å². The van der Waals surface area contributed by atoms with Gasteiger partial charge in [0.05, 0.1) is 15.7 Å². The standard InChI is InChI=1S/C13H9Cl2NO2/c14-10-5-9(6-11(15)13(10)18)16-7-8-3-1-2-4-12(8)17/h1-7,17-18H. The Kier molecular flexibility index (Phi) is 3.75. The van der Waals surface area contributed by atoms with Gasteiger partial charge < -0.3 is 10.2 Å². The quantitative estimate of drug-likeness (QED) is 0.813. The molecule has 0 bridgehead atoms. The van der Waals surface area contributed by atoms with E-state index in [1.54, 1.807) is 24.3 Å². The molecule has 0 heterocycles. The fourth-order valence-corrected chi connectivity index (χ4v) is 1.84. The molecule has 0 radical (unpaired) electrons. The van der Waals surface area contributed by atoms with Crippen LogP contribution in [0.3, 0.4) is 0 Å². The summed E-state index contributed by atoms with van der Waals surface area (Å²) in [6, 6.07) is 9.78. The zero-order valence-electron chi connectivity index (χ0n) is 9.14. The number of hydrogen-bond acceptors (Lipinski definition) is 3. The van der Waals surface area contributed by atoms with E-state index in [4.69, 9.17) is 23.2 Å². The Morgan fingerprint density at radius 1 is 1.00 bits per heavy atom. The number of halogens is 2. The van der Waals surface area contributed by atoms with Crippen molar-refractivity contribution in [3.8, 4) is 11.5 Å². The molecule has 2 aromatic rings. The van der Waals surface area contributed by atoms with Crippen LogP contribution in [0.25, 0.3) is 0 Å². The van der Waals surface area contributed by atoms with Gasteiger partial charge >= 0.3 is 0 Å². The molecule has 0 aliphatic rings. The van der Waals surface area contributed by atoms with Crippen LogP contribution >= 0.6 is 23.2 Å². The maximum Gasteiger partial charge on any atom is 0.152 e. The lowest BCUT2D eigenvalue weighted by Gasteiger charge is -2.01. The first-order valence-corrected chi connectivity index (χ1v) is 5.83. The van der Waals surface area contributed by atoms with Crippen molar-refractivity contribution in [2.24, 2.45) is 4.99 Å². The molecule has 0 aliphatic heterocycles. The molecule has 0 aliphatic carbocycles. The minimum Gasteiger partial charge on any atom is -0.507 e. The topological polar surface area (TPSA) is 52.8 Å². The zero-order chi connectivity index (χ0) is 13.1. The summed E-state index contributed by atoms with van der Waals surface area (Å²) >= 11 is 11.5. The van der Waals surface area contributed by atoms with E-state index in [9.17, 15) is 10.2 Å². The summed E-state index contributed by atoms with van der Waals surface area (Å²) in [5.41, 5.74) is 1.07. The number of benzene rings is 2. The van der Waals surface area contributed by atoms with Crippen LogP contribution in [-0.4, -0.2) is 16.4 Å². The van der Waals surface area contributed by atoms with Crippen molar-refractivity contribution in [3.63, 3.8) is 0 Å². The highest BCUT2D eigenvalue weighted by Crippen LogP contribution is 2.35. The predicted octanol–water partition coefficient (Wildman–Crippen LogP) is 4.16. The van der Waals surface area contributed by atoms with E-state index >= 15 is 0 Å². The third-order valence-electron chi connectivity index (χ3n) is 2.29. The Labute approximate surface area is 114 Å². The van der Waals surface area contributed by atoms with Crippen LogP contribution in [0.5, 0.6) is 11.5 Å². The third-order valence-corrected chi connectivity index (χ3v) is 2.87. The molecule has 0 unspecified atom stereocenters. The van der Waals surface area contributed by atoms with E-state index in [1.807, 2.05) is 0 Å². The molecule has 0 amide bonds. The Bertz CT molecular complexity index is 589. The molecule has 2 aromatic carbocycles. The van der Waals surface area contributed by atoms with Gasteiger partial charge in [0.25, 0.3) is 0 Å². The van der Waals surface area contributed by atoms with Crippen LogP contribution in [-0.2, 0) is 0 Å². The Morgan fingerprint density at radius 2 is 1.61 bits per heavy atom. The van der Waals surface area contributed by atoms with Gasteiger partial charge in [-0.05, 0) is 24.3 Å². The number of hydrogen-bond donors (Lipinski definition) is 2. The lowest BCUT2D eigenvalue weighted by Crippen LogP contribution is -1.81. The first-order chi connectivity index (χ1) is 8.58. The van der Waals surface area contributed by atoms with Gasteiger partial charge in [0.1, 0.15) is 5.75 Å². The molecular weight excluding hydrogens is 273 g/mol. The summed E-state index contributed by atoms with van der Waals surface area (Å²) in [6.07, 6.45) is 1.49. The van der Waals surface area contributed by atoms with Crippen LogP contribution in [0.15, 0.2) is 41.4 Å².